The second-order valence-electron chi connectivity index (χ2n) is 8.57. The summed E-state index contributed by atoms with van der Waals surface area (Å²) < 4.78 is 12.8. The first kappa shape index (κ1) is 21.1. The molecule has 0 aliphatic rings. The molecular formula is C29H26OP2. The van der Waals surface area contributed by atoms with Crippen LogP contribution in [-0.4, -0.2) is 20.0 Å². The van der Waals surface area contributed by atoms with Gasteiger partial charge in [0.1, 0.15) is 7.14 Å². The van der Waals surface area contributed by atoms with E-state index in [9.17, 15) is 4.57 Å². The Kier molecular flexibility index (Phi) is 5.50. The SMILES string of the molecule is CPc1cccc(-c2c3ccccc3c(-c3cccc(P(C)(C)=O)c3)c3ccccc23)c1. The Balaban J connectivity index is 1.92. The van der Waals surface area contributed by atoms with Crippen LogP contribution in [0.5, 0.6) is 0 Å². The van der Waals surface area contributed by atoms with Crippen molar-refractivity contribution in [2.75, 3.05) is 20.0 Å². The minimum absolute atomic E-state index is 0.767. The average Bonchev–Trinajstić information content (AvgIpc) is 2.82. The van der Waals surface area contributed by atoms with E-state index in [1.54, 1.807) is 0 Å². The van der Waals surface area contributed by atoms with Crippen molar-refractivity contribution in [3.8, 4) is 22.3 Å². The largest absolute Gasteiger partial charge is 0.319 e. The summed E-state index contributed by atoms with van der Waals surface area (Å²) in [4.78, 5) is 0. The molecule has 1 atom stereocenters. The summed E-state index contributed by atoms with van der Waals surface area (Å²) in [6.07, 6.45) is 0. The summed E-state index contributed by atoms with van der Waals surface area (Å²) >= 11 is 0. The summed E-state index contributed by atoms with van der Waals surface area (Å²) in [5.74, 6) is 0. The monoisotopic (exact) mass is 452 g/mol. The first-order valence-electron chi connectivity index (χ1n) is 10.8. The maximum atomic E-state index is 12.8. The van der Waals surface area contributed by atoms with Crippen molar-refractivity contribution in [2.24, 2.45) is 0 Å². The highest BCUT2D eigenvalue weighted by molar-refractivity contribution is 7.70. The van der Waals surface area contributed by atoms with Gasteiger partial charge in [0, 0.05) is 5.30 Å². The van der Waals surface area contributed by atoms with Gasteiger partial charge in [-0.15, -0.1) is 0 Å². The molecule has 5 aromatic carbocycles. The van der Waals surface area contributed by atoms with Gasteiger partial charge in [-0.1, -0.05) is 93.5 Å². The minimum Gasteiger partial charge on any atom is -0.319 e. The molecule has 0 radical (unpaired) electrons. The summed E-state index contributed by atoms with van der Waals surface area (Å²) in [7, 11) is -1.59. The van der Waals surface area contributed by atoms with Crippen molar-refractivity contribution < 1.29 is 4.57 Å². The Hall–Kier alpha value is -2.72. The van der Waals surface area contributed by atoms with Gasteiger partial charge in [-0.05, 0) is 81.2 Å². The van der Waals surface area contributed by atoms with Crippen molar-refractivity contribution >= 4 is 47.9 Å². The quantitative estimate of drug-likeness (QED) is 0.204. The molecule has 0 saturated carbocycles. The average molecular weight is 452 g/mol. The maximum Gasteiger partial charge on any atom is 0.109 e. The number of fused-ring (bicyclic) bond motifs is 2. The number of rotatable bonds is 4. The summed E-state index contributed by atoms with van der Waals surface area (Å²) in [5, 5.41) is 7.24. The van der Waals surface area contributed by atoms with Gasteiger partial charge in [0.15, 0.2) is 0 Å². The molecule has 0 N–H and O–H groups in total. The summed E-state index contributed by atoms with van der Waals surface area (Å²) in [5.41, 5.74) is 4.88. The van der Waals surface area contributed by atoms with Crippen molar-refractivity contribution in [2.45, 2.75) is 0 Å². The predicted molar refractivity (Wildman–Crippen MR) is 145 cm³/mol. The van der Waals surface area contributed by atoms with Crippen LogP contribution in [0.15, 0.2) is 97.1 Å². The van der Waals surface area contributed by atoms with E-state index >= 15 is 0 Å². The molecule has 3 heteroatoms. The molecule has 0 bridgehead atoms. The summed E-state index contributed by atoms with van der Waals surface area (Å²) in [6, 6.07) is 34.6. The highest BCUT2D eigenvalue weighted by Crippen LogP contribution is 2.44. The van der Waals surface area contributed by atoms with E-state index in [0.717, 1.165) is 19.4 Å². The fourth-order valence-electron chi connectivity index (χ4n) is 4.58. The van der Waals surface area contributed by atoms with Crippen LogP contribution in [0.3, 0.4) is 0 Å². The molecule has 0 spiro atoms. The van der Waals surface area contributed by atoms with Crippen LogP contribution in [0.4, 0.5) is 0 Å². The zero-order valence-corrected chi connectivity index (χ0v) is 20.5. The van der Waals surface area contributed by atoms with Gasteiger partial charge in [-0.25, -0.2) is 0 Å². The van der Waals surface area contributed by atoms with Crippen molar-refractivity contribution in [3.63, 3.8) is 0 Å². The number of benzene rings is 5. The first-order valence-corrected chi connectivity index (χ1v) is 14.9. The number of hydrogen-bond acceptors (Lipinski definition) is 1. The van der Waals surface area contributed by atoms with E-state index in [1.165, 1.54) is 43.5 Å². The molecule has 0 amide bonds. The summed E-state index contributed by atoms with van der Waals surface area (Å²) in [6.45, 7) is 5.91. The third kappa shape index (κ3) is 3.71. The van der Waals surface area contributed by atoms with Crippen molar-refractivity contribution in [1.29, 1.82) is 0 Å². The highest BCUT2D eigenvalue weighted by Gasteiger charge is 2.18. The molecule has 158 valence electrons. The molecule has 1 nitrogen and oxygen atoms in total. The van der Waals surface area contributed by atoms with E-state index in [4.69, 9.17) is 0 Å². The molecule has 0 saturated heterocycles. The molecule has 0 fully saturated rings. The Morgan fingerprint density at radius 2 is 1.06 bits per heavy atom. The lowest BCUT2D eigenvalue weighted by molar-refractivity contribution is 0.588. The lowest BCUT2D eigenvalue weighted by Crippen LogP contribution is -2.02. The van der Waals surface area contributed by atoms with Crippen LogP contribution in [-0.2, 0) is 4.57 Å². The van der Waals surface area contributed by atoms with E-state index in [0.29, 0.717) is 0 Å². The molecular weight excluding hydrogens is 426 g/mol. The fourth-order valence-corrected chi connectivity index (χ4v) is 6.03. The normalized spacial score (nSPS) is 12.2. The molecule has 0 aromatic heterocycles. The van der Waals surface area contributed by atoms with Gasteiger partial charge in [0.05, 0.1) is 0 Å². The van der Waals surface area contributed by atoms with Crippen LogP contribution in [0.25, 0.3) is 43.8 Å². The molecule has 0 aliphatic carbocycles. The first-order chi connectivity index (χ1) is 15.5. The zero-order chi connectivity index (χ0) is 22.3. The minimum atomic E-state index is -2.35. The maximum absolute atomic E-state index is 12.8. The van der Waals surface area contributed by atoms with Crippen molar-refractivity contribution in [3.05, 3.63) is 97.1 Å². The van der Waals surface area contributed by atoms with E-state index in [2.05, 4.69) is 91.6 Å². The van der Waals surface area contributed by atoms with Crippen LogP contribution >= 0.6 is 15.7 Å². The molecule has 0 aliphatic heterocycles. The standard InChI is InChI=1S/C29H26OP2/c1-31-22-12-8-10-20(18-22)28-24-14-4-6-16-26(24)29(27-17-7-5-15-25(27)28)21-11-9-13-23(19-21)32(2,3)30/h4-19,31H,1-3H3. The van der Waals surface area contributed by atoms with Gasteiger partial charge < -0.3 is 4.57 Å². The molecule has 5 rings (SSSR count). The van der Waals surface area contributed by atoms with Crippen LogP contribution in [0.1, 0.15) is 0 Å². The van der Waals surface area contributed by atoms with Gasteiger partial charge in [0.2, 0.25) is 0 Å². The topological polar surface area (TPSA) is 17.1 Å². The molecule has 5 aromatic rings. The smallest absolute Gasteiger partial charge is 0.109 e. The van der Waals surface area contributed by atoms with E-state index < -0.39 is 7.14 Å². The second kappa shape index (κ2) is 8.32. The Morgan fingerprint density at radius 1 is 0.594 bits per heavy atom. The van der Waals surface area contributed by atoms with Crippen LogP contribution < -0.4 is 10.6 Å². The zero-order valence-electron chi connectivity index (χ0n) is 18.6. The van der Waals surface area contributed by atoms with E-state index in [-0.39, 0.29) is 0 Å². The molecule has 0 heterocycles. The van der Waals surface area contributed by atoms with Gasteiger partial charge in [0.25, 0.3) is 0 Å². The lowest BCUT2D eigenvalue weighted by Gasteiger charge is -2.19. The van der Waals surface area contributed by atoms with Crippen molar-refractivity contribution in [1.82, 2.24) is 0 Å². The lowest BCUT2D eigenvalue weighted by atomic mass is 9.86. The van der Waals surface area contributed by atoms with Gasteiger partial charge in [-0.3, -0.25) is 0 Å². The third-order valence-electron chi connectivity index (χ3n) is 6.13. The highest BCUT2D eigenvalue weighted by atomic mass is 31.2. The molecule has 1 unspecified atom stereocenters. The third-order valence-corrected chi connectivity index (χ3v) is 8.54. The molecule has 32 heavy (non-hydrogen) atoms. The van der Waals surface area contributed by atoms with Gasteiger partial charge >= 0.3 is 0 Å². The van der Waals surface area contributed by atoms with Crippen LogP contribution in [0, 0.1) is 0 Å². The van der Waals surface area contributed by atoms with E-state index in [1.807, 2.05) is 25.5 Å². The Labute approximate surface area is 191 Å². The Morgan fingerprint density at radius 3 is 1.53 bits per heavy atom. The second-order valence-corrected chi connectivity index (χ2v) is 12.9. The predicted octanol–water partition coefficient (Wildman–Crippen LogP) is 7.51. The number of hydrogen-bond donors (Lipinski definition) is 0. The van der Waals surface area contributed by atoms with Gasteiger partial charge in [-0.2, -0.15) is 0 Å². The Bertz CT molecular complexity index is 1450. The fraction of sp³-hybridized carbons (Fsp3) is 0.103. The van der Waals surface area contributed by atoms with Crippen LogP contribution in [0.2, 0.25) is 0 Å².